The van der Waals surface area contributed by atoms with Gasteiger partial charge in [0.15, 0.2) is 0 Å². The van der Waals surface area contributed by atoms with Crippen LogP contribution in [0.2, 0.25) is 0 Å². The minimum absolute atomic E-state index is 0.202. The molecule has 2 aliphatic rings. The number of fused-ring (bicyclic) bond motifs is 1. The molecule has 0 aliphatic carbocycles. The van der Waals surface area contributed by atoms with Crippen molar-refractivity contribution in [3.05, 3.63) is 0 Å². The van der Waals surface area contributed by atoms with E-state index in [-0.39, 0.29) is 12.5 Å². The van der Waals surface area contributed by atoms with E-state index >= 15 is 0 Å². The van der Waals surface area contributed by atoms with Gasteiger partial charge in [0.1, 0.15) is 0 Å². The Morgan fingerprint density at radius 2 is 1.45 bits per heavy atom. The summed E-state index contributed by atoms with van der Waals surface area (Å²) in [7, 11) is -10.8. The molecule has 0 aromatic carbocycles. The summed E-state index contributed by atoms with van der Waals surface area (Å²) >= 11 is 0. The zero-order chi connectivity index (χ0) is 15.2. The molecule has 0 amide bonds. The second-order valence-electron chi connectivity index (χ2n) is 5.62. The normalized spacial score (nSPS) is 30.1. The summed E-state index contributed by atoms with van der Waals surface area (Å²) in [5.74, 6) is -1.11. The molecular formula is C10H21NO7P2. The fraction of sp³-hybridized carbons (Fsp3) is 1.00. The molecule has 2 aliphatic heterocycles. The van der Waals surface area contributed by atoms with Gasteiger partial charge in [-0.15, -0.1) is 0 Å². The molecule has 0 aromatic heterocycles. The van der Waals surface area contributed by atoms with Crippen molar-refractivity contribution in [3.63, 3.8) is 0 Å². The van der Waals surface area contributed by atoms with E-state index < -0.39 is 26.2 Å². The first-order chi connectivity index (χ1) is 9.09. The summed E-state index contributed by atoms with van der Waals surface area (Å²) in [5.41, 5.74) is 0. The molecule has 20 heavy (non-hydrogen) atoms. The van der Waals surface area contributed by atoms with Gasteiger partial charge in [-0.05, 0) is 38.8 Å². The maximum atomic E-state index is 11.6. The van der Waals surface area contributed by atoms with Crippen molar-refractivity contribution in [2.45, 2.75) is 43.2 Å². The zero-order valence-electron chi connectivity index (χ0n) is 11.0. The lowest BCUT2D eigenvalue weighted by Crippen LogP contribution is -2.55. The second kappa shape index (κ2) is 5.45. The maximum absolute atomic E-state index is 11.6. The third-order valence-electron chi connectivity index (χ3n) is 4.44. The van der Waals surface area contributed by atoms with Gasteiger partial charge in [-0.25, -0.2) is 0 Å². The molecule has 118 valence electrons. The lowest BCUT2D eigenvalue weighted by Gasteiger charge is -2.49. The van der Waals surface area contributed by atoms with Crippen LogP contribution in [0.25, 0.3) is 0 Å². The topological polar surface area (TPSA) is 139 Å². The van der Waals surface area contributed by atoms with Crippen molar-refractivity contribution < 1.29 is 33.8 Å². The van der Waals surface area contributed by atoms with Crippen molar-refractivity contribution in [2.75, 3.05) is 13.1 Å². The number of hydrogen-bond acceptors (Lipinski definition) is 4. The van der Waals surface area contributed by atoms with E-state index in [2.05, 4.69) is 0 Å². The quantitative estimate of drug-likeness (QED) is 0.465. The summed E-state index contributed by atoms with van der Waals surface area (Å²) in [6.45, 7) is 1.47. The van der Waals surface area contributed by atoms with Crippen molar-refractivity contribution in [1.82, 2.24) is 4.90 Å². The zero-order valence-corrected chi connectivity index (χ0v) is 12.8. The molecule has 2 heterocycles. The fourth-order valence-corrected chi connectivity index (χ4v) is 6.33. The van der Waals surface area contributed by atoms with Crippen LogP contribution in [0.5, 0.6) is 0 Å². The Morgan fingerprint density at radius 1 is 0.900 bits per heavy atom. The average Bonchev–Trinajstić information content (AvgIpc) is 2.34. The lowest BCUT2D eigenvalue weighted by molar-refractivity contribution is -0.0193. The largest absolute Gasteiger partial charge is 0.369 e. The summed E-state index contributed by atoms with van der Waals surface area (Å²) in [4.78, 5) is 39.4. The van der Waals surface area contributed by atoms with Crippen LogP contribution in [0.3, 0.4) is 0 Å². The van der Waals surface area contributed by atoms with E-state index in [4.69, 9.17) is 0 Å². The van der Waals surface area contributed by atoms with Gasteiger partial charge in [-0.2, -0.15) is 0 Å². The molecule has 0 bridgehead atoms. The van der Waals surface area contributed by atoms with Crippen LogP contribution in [0, 0.1) is 5.92 Å². The number of aliphatic hydroxyl groups is 1. The molecule has 2 unspecified atom stereocenters. The van der Waals surface area contributed by atoms with Crippen LogP contribution < -0.4 is 0 Å². The van der Waals surface area contributed by atoms with Gasteiger partial charge in [0.25, 0.3) is 5.08 Å². The monoisotopic (exact) mass is 329 g/mol. The summed E-state index contributed by atoms with van der Waals surface area (Å²) in [5, 5.41) is 7.02. The number of nitrogens with zero attached hydrogens (tertiary/aromatic N) is 1. The Morgan fingerprint density at radius 3 is 2.00 bits per heavy atom. The van der Waals surface area contributed by atoms with Crippen molar-refractivity contribution in [1.29, 1.82) is 0 Å². The first-order valence-corrected chi connectivity index (χ1v) is 9.89. The molecule has 0 aromatic rings. The van der Waals surface area contributed by atoms with Gasteiger partial charge in [-0.3, -0.25) is 14.0 Å². The Kier molecular flexibility index (Phi) is 4.52. The fourth-order valence-electron chi connectivity index (χ4n) is 3.51. The number of piperidine rings is 2. The molecule has 8 nitrogen and oxygen atoms in total. The smallest absolute Gasteiger partial charge is 0.367 e. The molecule has 5 N–H and O–H groups in total. The molecule has 10 heteroatoms. The molecule has 2 fully saturated rings. The first kappa shape index (κ1) is 16.6. The van der Waals surface area contributed by atoms with E-state index in [1.807, 2.05) is 4.90 Å². The molecule has 0 radical (unpaired) electrons. The Balaban J connectivity index is 2.43. The third-order valence-corrected chi connectivity index (χ3v) is 8.39. The minimum Gasteiger partial charge on any atom is -0.367 e. The minimum atomic E-state index is -5.38. The molecule has 0 saturated carbocycles. The molecule has 2 rings (SSSR count). The van der Waals surface area contributed by atoms with Crippen molar-refractivity contribution >= 4 is 15.2 Å². The van der Waals surface area contributed by atoms with Gasteiger partial charge >= 0.3 is 15.2 Å². The number of hydrogen-bond donors (Lipinski definition) is 5. The third kappa shape index (κ3) is 2.64. The number of rotatable bonds is 3. The van der Waals surface area contributed by atoms with E-state index in [0.717, 1.165) is 25.9 Å². The highest BCUT2D eigenvalue weighted by Crippen LogP contribution is 2.72. The van der Waals surface area contributed by atoms with Crippen LogP contribution in [0.1, 0.15) is 32.1 Å². The van der Waals surface area contributed by atoms with Gasteiger partial charge in [0.2, 0.25) is 0 Å². The van der Waals surface area contributed by atoms with E-state index in [0.29, 0.717) is 12.8 Å². The second-order valence-corrected chi connectivity index (χ2v) is 9.52. The lowest BCUT2D eigenvalue weighted by atomic mass is 9.83. The van der Waals surface area contributed by atoms with Gasteiger partial charge < -0.3 is 24.7 Å². The average molecular weight is 329 g/mol. The van der Waals surface area contributed by atoms with Gasteiger partial charge in [0, 0.05) is 12.0 Å². The highest BCUT2D eigenvalue weighted by atomic mass is 31.2. The van der Waals surface area contributed by atoms with E-state index in [9.17, 15) is 33.8 Å². The van der Waals surface area contributed by atoms with Gasteiger partial charge in [0.05, 0.1) is 0 Å². The van der Waals surface area contributed by atoms with Crippen molar-refractivity contribution in [2.24, 2.45) is 5.92 Å². The Labute approximate surface area is 117 Å². The van der Waals surface area contributed by atoms with Crippen LogP contribution in [0.15, 0.2) is 0 Å². The van der Waals surface area contributed by atoms with Crippen LogP contribution in [-0.2, 0) is 9.13 Å². The maximum Gasteiger partial charge on any atom is 0.369 e. The Bertz CT molecular complexity index is 435. The first-order valence-electron chi connectivity index (χ1n) is 6.67. The van der Waals surface area contributed by atoms with Crippen molar-refractivity contribution in [3.8, 4) is 0 Å². The highest BCUT2D eigenvalue weighted by molar-refractivity contribution is 7.72. The predicted molar refractivity (Wildman–Crippen MR) is 71.0 cm³/mol. The van der Waals surface area contributed by atoms with Crippen LogP contribution in [-0.4, -0.2) is 53.8 Å². The SMILES string of the molecule is O=P(O)(O)C(O)(C1CCCN2CCCCC12)P(=O)(O)O. The molecular weight excluding hydrogens is 308 g/mol. The van der Waals surface area contributed by atoms with Crippen LogP contribution >= 0.6 is 15.2 Å². The summed E-state index contributed by atoms with van der Waals surface area (Å²) in [6, 6.07) is -0.386. The highest BCUT2D eigenvalue weighted by Gasteiger charge is 2.66. The predicted octanol–water partition coefficient (Wildman–Crippen LogP) is 0.252. The molecule has 2 atom stereocenters. The summed E-state index contributed by atoms with van der Waals surface area (Å²) in [6.07, 6.45) is 3.13. The Hall–Kier alpha value is 0.220. The van der Waals surface area contributed by atoms with Gasteiger partial charge in [-0.1, -0.05) is 6.42 Å². The summed E-state index contributed by atoms with van der Waals surface area (Å²) < 4.78 is 23.2. The van der Waals surface area contributed by atoms with E-state index in [1.54, 1.807) is 0 Å². The molecule has 2 saturated heterocycles. The van der Waals surface area contributed by atoms with E-state index in [1.165, 1.54) is 0 Å². The standard InChI is InChI=1S/C10H21NO7P2/c12-10(19(13,14)15,20(16,17)18)8-4-3-7-11-6-2-1-5-9(8)11/h8-9,12H,1-7H2,(H2,13,14,15)(H2,16,17,18). The van der Waals surface area contributed by atoms with Crippen LogP contribution in [0.4, 0.5) is 0 Å². The molecule has 0 spiro atoms.